The fourth-order valence-corrected chi connectivity index (χ4v) is 2.43. The number of nitrogens with zero attached hydrogens (tertiary/aromatic N) is 2. The summed E-state index contributed by atoms with van der Waals surface area (Å²) in [5.74, 6) is 3.32. The molecule has 1 aliphatic heterocycles. The SMILES string of the molecule is COc1ccc(Nc2n[nH]c(C3COc4ccccc4O3)n2)cc1. The van der Waals surface area contributed by atoms with E-state index in [9.17, 15) is 0 Å². The van der Waals surface area contributed by atoms with Crippen LogP contribution in [0.5, 0.6) is 17.2 Å². The number of nitrogens with one attached hydrogen (secondary N) is 2. The van der Waals surface area contributed by atoms with E-state index in [0.717, 1.165) is 17.2 Å². The Hall–Kier alpha value is -3.22. The maximum absolute atomic E-state index is 5.91. The maximum atomic E-state index is 5.91. The molecular formula is C17H16N4O3. The molecule has 0 radical (unpaired) electrons. The van der Waals surface area contributed by atoms with Crippen LogP contribution in [0.3, 0.4) is 0 Å². The Kier molecular flexibility index (Phi) is 3.66. The van der Waals surface area contributed by atoms with Crippen LogP contribution in [0.25, 0.3) is 0 Å². The number of aromatic nitrogens is 3. The van der Waals surface area contributed by atoms with Gasteiger partial charge in [0, 0.05) is 5.69 Å². The van der Waals surface area contributed by atoms with Crippen LogP contribution in [-0.4, -0.2) is 28.9 Å². The molecule has 0 saturated heterocycles. The van der Waals surface area contributed by atoms with E-state index in [2.05, 4.69) is 20.5 Å². The summed E-state index contributed by atoms with van der Waals surface area (Å²) in [5, 5.41) is 10.2. The number of aromatic amines is 1. The molecule has 7 nitrogen and oxygen atoms in total. The zero-order valence-corrected chi connectivity index (χ0v) is 13.0. The molecular weight excluding hydrogens is 308 g/mol. The third kappa shape index (κ3) is 2.83. The standard InChI is InChI=1S/C17H16N4O3/c1-22-12-8-6-11(7-9-12)18-17-19-16(20-21-17)15-10-23-13-4-2-3-5-14(13)24-15/h2-9,15H,10H2,1H3,(H2,18,19,20,21). The van der Waals surface area contributed by atoms with Crippen LogP contribution in [-0.2, 0) is 0 Å². The van der Waals surface area contributed by atoms with Crippen molar-refractivity contribution >= 4 is 11.6 Å². The Morgan fingerprint density at radius 3 is 2.71 bits per heavy atom. The lowest BCUT2D eigenvalue weighted by Gasteiger charge is -2.24. The van der Waals surface area contributed by atoms with Gasteiger partial charge in [0.05, 0.1) is 7.11 Å². The fourth-order valence-electron chi connectivity index (χ4n) is 2.43. The van der Waals surface area contributed by atoms with Gasteiger partial charge in [0.1, 0.15) is 12.4 Å². The molecule has 0 fully saturated rings. The monoisotopic (exact) mass is 324 g/mol. The molecule has 0 saturated carbocycles. The molecule has 4 rings (SSSR count). The third-order valence-electron chi connectivity index (χ3n) is 3.66. The van der Waals surface area contributed by atoms with Gasteiger partial charge >= 0.3 is 0 Å². The van der Waals surface area contributed by atoms with Crippen molar-refractivity contribution in [1.82, 2.24) is 15.2 Å². The van der Waals surface area contributed by atoms with Gasteiger partial charge in [-0.1, -0.05) is 12.1 Å². The van der Waals surface area contributed by atoms with Crippen molar-refractivity contribution in [3.05, 3.63) is 54.4 Å². The first kappa shape index (κ1) is 14.4. The average Bonchev–Trinajstić information content (AvgIpc) is 3.10. The largest absolute Gasteiger partial charge is 0.497 e. The number of hydrogen-bond acceptors (Lipinski definition) is 6. The molecule has 1 unspecified atom stereocenters. The highest BCUT2D eigenvalue weighted by atomic mass is 16.6. The minimum atomic E-state index is -0.321. The van der Waals surface area contributed by atoms with E-state index in [4.69, 9.17) is 14.2 Å². The van der Waals surface area contributed by atoms with Crippen molar-refractivity contribution in [2.24, 2.45) is 0 Å². The molecule has 1 atom stereocenters. The van der Waals surface area contributed by atoms with Crippen LogP contribution in [0.2, 0.25) is 0 Å². The average molecular weight is 324 g/mol. The number of para-hydroxylation sites is 2. The number of hydrogen-bond donors (Lipinski definition) is 2. The van der Waals surface area contributed by atoms with E-state index in [1.165, 1.54) is 0 Å². The molecule has 7 heteroatoms. The second-order valence-electron chi connectivity index (χ2n) is 5.26. The number of H-pyrrole nitrogens is 1. The minimum Gasteiger partial charge on any atom is -0.497 e. The van der Waals surface area contributed by atoms with Crippen molar-refractivity contribution in [3.8, 4) is 17.2 Å². The highest BCUT2D eigenvalue weighted by Crippen LogP contribution is 2.35. The zero-order chi connectivity index (χ0) is 16.4. The lowest BCUT2D eigenvalue weighted by Crippen LogP contribution is -2.22. The molecule has 24 heavy (non-hydrogen) atoms. The first-order valence-electron chi connectivity index (χ1n) is 7.54. The number of fused-ring (bicyclic) bond motifs is 1. The van der Waals surface area contributed by atoms with Crippen LogP contribution in [0.4, 0.5) is 11.6 Å². The molecule has 0 aliphatic carbocycles. The molecule has 3 aromatic rings. The Labute approximate surface area is 138 Å². The number of anilines is 2. The second-order valence-corrected chi connectivity index (χ2v) is 5.26. The van der Waals surface area contributed by atoms with Crippen molar-refractivity contribution < 1.29 is 14.2 Å². The molecule has 2 heterocycles. The van der Waals surface area contributed by atoms with Crippen LogP contribution >= 0.6 is 0 Å². The Morgan fingerprint density at radius 1 is 1.12 bits per heavy atom. The summed E-state index contributed by atoms with van der Waals surface area (Å²) in [6, 6.07) is 15.1. The molecule has 122 valence electrons. The van der Waals surface area contributed by atoms with Gasteiger partial charge < -0.3 is 19.5 Å². The Morgan fingerprint density at radius 2 is 1.92 bits per heavy atom. The van der Waals surface area contributed by atoms with Gasteiger partial charge in [-0.2, -0.15) is 4.98 Å². The van der Waals surface area contributed by atoms with Crippen molar-refractivity contribution in [2.75, 3.05) is 19.0 Å². The van der Waals surface area contributed by atoms with Crippen LogP contribution in [0.1, 0.15) is 11.9 Å². The lowest BCUT2D eigenvalue weighted by atomic mass is 10.2. The summed E-state index contributed by atoms with van der Waals surface area (Å²) in [4.78, 5) is 4.43. The fraction of sp³-hybridized carbons (Fsp3) is 0.176. The zero-order valence-electron chi connectivity index (χ0n) is 13.0. The molecule has 0 amide bonds. The maximum Gasteiger partial charge on any atom is 0.246 e. The van der Waals surface area contributed by atoms with Crippen LogP contribution < -0.4 is 19.5 Å². The Balaban J connectivity index is 1.47. The van der Waals surface area contributed by atoms with Gasteiger partial charge in [-0.25, -0.2) is 0 Å². The van der Waals surface area contributed by atoms with Crippen molar-refractivity contribution in [1.29, 1.82) is 0 Å². The number of rotatable bonds is 4. The van der Waals surface area contributed by atoms with Crippen LogP contribution in [0, 0.1) is 0 Å². The van der Waals surface area contributed by atoms with Gasteiger partial charge in [0.25, 0.3) is 0 Å². The van der Waals surface area contributed by atoms with E-state index in [0.29, 0.717) is 24.1 Å². The first-order valence-corrected chi connectivity index (χ1v) is 7.54. The number of methoxy groups -OCH3 is 1. The smallest absolute Gasteiger partial charge is 0.246 e. The summed E-state index contributed by atoms with van der Waals surface area (Å²) in [5.41, 5.74) is 0.868. The third-order valence-corrected chi connectivity index (χ3v) is 3.66. The van der Waals surface area contributed by atoms with Gasteiger partial charge in [-0.3, -0.25) is 5.10 Å². The second kappa shape index (κ2) is 6.11. The predicted octanol–water partition coefficient (Wildman–Crippen LogP) is 3.07. The van der Waals surface area contributed by atoms with Gasteiger partial charge in [0.2, 0.25) is 5.95 Å². The Bertz CT molecular complexity index is 832. The normalized spacial score (nSPS) is 15.8. The first-order chi connectivity index (χ1) is 11.8. The highest BCUT2D eigenvalue weighted by molar-refractivity contribution is 5.54. The van der Waals surface area contributed by atoms with E-state index in [-0.39, 0.29) is 6.10 Å². The predicted molar refractivity (Wildman–Crippen MR) is 88.0 cm³/mol. The van der Waals surface area contributed by atoms with E-state index >= 15 is 0 Å². The topological polar surface area (TPSA) is 81.3 Å². The molecule has 1 aliphatic rings. The van der Waals surface area contributed by atoms with E-state index in [1.54, 1.807) is 7.11 Å². The van der Waals surface area contributed by atoms with E-state index < -0.39 is 0 Å². The van der Waals surface area contributed by atoms with Gasteiger partial charge in [-0.05, 0) is 36.4 Å². The summed E-state index contributed by atoms with van der Waals surface area (Å²) in [6.07, 6.45) is -0.321. The summed E-state index contributed by atoms with van der Waals surface area (Å²) in [7, 11) is 1.63. The molecule has 0 spiro atoms. The highest BCUT2D eigenvalue weighted by Gasteiger charge is 2.25. The summed E-state index contributed by atoms with van der Waals surface area (Å²) < 4.78 is 16.7. The van der Waals surface area contributed by atoms with Crippen LogP contribution in [0.15, 0.2) is 48.5 Å². The van der Waals surface area contributed by atoms with Gasteiger partial charge in [-0.15, -0.1) is 5.10 Å². The number of benzene rings is 2. The number of ether oxygens (including phenoxy) is 3. The quantitative estimate of drug-likeness (QED) is 0.767. The lowest BCUT2D eigenvalue weighted by molar-refractivity contribution is 0.0853. The van der Waals surface area contributed by atoms with Crippen molar-refractivity contribution in [2.45, 2.75) is 6.10 Å². The summed E-state index contributed by atoms with van der Waals surface area (Å²) >= 11 is 0. The molecule has 1 aromatic heterocycles. The summed E-state index contributed by atoms with van der Waals surface area (Å²) in [6.45, 7) is 0.383. The molecule has 2 aromatic carbocycles. The minimum absolute atomic E-state index is 0.321. The molecule has 2 N–H and O–H groups in total. The van der Waals surface area contributed by atoms with Crippen molar-refractivity contribution in [3.63, 3.8) is 0 Å². The molecule has 0 bridgehead atoms. The van der Waals surface area contributed by atoms with E-state index in [1.807, 2.05) is 48.5 Å². The van der Waals surface area contributed by atoms with Gasteiger partial charge in [0.15, 0.2) is 23.4 Å².